The number of aliphatic hydroxyl groups is 1. The van der Waals surface area contributed by atoms with Crippen LogP contribution in [-0.4, -0.2) is 34.5 Å². The molecule has 6 rings (SSSR count). The molecule has 2 aliphatic heterocycles. The van der Waals surface area contributed by atoms with Crippen molar-refractivity contribution in [3.8, 4) is 11.5 Å². The SMILES string of the molecule is CCCCCOc1ccc(C2/C(=C(/O)c3ccc4c(c3)CC(C)O4)C(=O)C(=O)N2c2nc3ccc(C)cc3s2)cc1. The van der Waals surface area contributed by atoms with Crippen molar-refractivity contribution in [1.29, 1.82) is 0 Å². The smallest absolute Gasteiger partial charge is 0.301 e. The Morgan fingerprint density at radius 2 is 1.90 bits per heavy atom. The number of rotatable bonds is 8. The Labute approximate surface area is 243 Å². The third kappa shape index (κ3) is 5.08. The number of aromatic nitrogens is 1. The number of carbonyl (C=O) groups excluding carboxylic acids is 2. The summed E-state index contributed by atoms with van der Waals surface area (Å²) in [5.74, 6) is -0.191. The first-order valence-electron chi connectivity index (χ1n) is 14.0. The number of ketones is 1. The molecule has 0 aliphatic carbocycles. The molecule has 7 nitrogen and oxygen atoms in total. The summed E-state index contributed by atoms with van der Waals surface area (Å²) in [7, 11) is 0. The van der Waals surface area contributed by atoms with Crippen molar-refractivity contribution >= 4 is 44.1 Å². The molecule has 41 heavy (non-hydrogen) atoms. The van der Waals surface area contributed by atoms with Gasteiger partial charge in [0.2, 0.25) is 0 Å². The van der Waals surface area contributed by atoms with Crippen LogP contribution < -0.4 is 14.4 Å². The molecule has 1 amide bonds. The lowest BCUT2D eigenvalue weighted by atomic mass is 9.94. The molecular weight excluding hydrogens is 536 g/mol. The molecule has 2 unspecified atom stereocenters. The van der Waals surface area contributed by atoms with Gasteiger partial charge < -0.3 is 14.6 Å². The molecule has 0 radical (unpaired) electrons. The average Bonchev–Trinajstić information content (AvgIpc) is 3.63. The van der Waals surface area contributed by atoms with Crippen LogP contribution in [-0.2, 0) is 16.0 Å². The van der Waals surface area contributed by atoms with E-state index in [1.54, 1.807) is 12.1 Å². The molecule has 0 saturated carbocycles. The van der Waals surface area contributed by atoms with E-state index in [1.807, 2.05) is 62.4 Å². The maximum absolute atomic E-state index is 13.6. The molecule has 0 bridgehead atoms. The first kappa shape index (κ1) is 27.0. The molecule has 1 aromatic heterocycles. The van der Waals surface area contributed by atoms with Crippen molar-refractivity contribution in [2.24, 2.45) is 0 Å². The Morgan fingerprint density at radius 3 is 2.68 bits per heavy atom. The fourth-order valence-corrected chi connectivity index (χ4v) is 6.57. The summed E-state index contributed by atoms with van der Waals surface area (Å²) < 4.78 is 12.6. The summed E-state index contributed by atoms with van der Waals surface area (Å²) in [6.45, 7) is 6.76. The van der Waals surface area contributed by atoms with Gasteiger partial charge in [0, 0.05) is 12.0 Å². The number of aliphatic hydroxyl groups excluding tert-OH is 1. The highest BCUT2D eigenvalue weighted by Crippen LogP contribution is 2.45. The van der Waals surface area contributed by atoms with Gasteiger partial charge in [-0.15, -0.1) is 0 Å². The average molecular weight is 569 g/mol. The van der Waals surface area contributed by atoms with Crippen molar-refractivity contribution in [3.05, 3.63) is 88.5 Å². The molecule has 0 spiro atoms. The lowest BCUT2D eigenvalue weighted by molar-refractivity contribution is -0.132. The number of amides is 1. The zero-order valence-corrected chi connectivity index (χ0v) is 24.2. The number of aryl methyl sites for hydroxylation is 1. The zero-order chi connectivity index (χ0) is 28.7. The predicted octanol–water partition coefficient (Wildman–Crippen LogP) is 7.12. The fourth-order valence-electron chi connectivity index (χ4n) is 5.48. The zero-order valence-electron chi connectivity index (χ0n) is 23.3. The third-order valence-electron chi connectivity index (χ3n) is 7.57. The Bertz CT molecular complexity index is 1670. The van der Waals surface area contributed by atoms with Crippen LogP contribution in [0.25, 0.3) is 16.0 Å². The first-order valence-corrected chi connectivity index (χ1v) is 14.9. The van der Waals surface area contributed by atoms with Gasteiger partial charge in [-0.05, 0) is 79.4 Å². The highest BCUT2D eigenvalue weighted by Gasteiger charge is 2.48. The van der Waals surface area contributed by atoms with Crippen molar-refractivity contribution in [3.63, 3.8) is 0 Å². The van der Waals surface area contributed by atoms with Gasteiger partial charge in [0.1, 0.15) is 23.4 Å². The molecule has 210 valence electrons. The number of thiazole rings is 1. The molecule has 2 aliphatic rings. The molecule has 8 heteroatoms. The molecule has 1 fully saturated rings. The third-order valence-corrected chi connectivity index (χ3v) is 8.58. The maximum Gasteiger partial charge on any atom is 0.301 e. The summed E-state index contributed by atoms with van der Waals surface area (Å²) >= 11 is 1.35. The van der Waals surface area contributed by atoms with Crippen LogP contribution in [0.4, 0.5) is 5.13 Å². The monoisotopic (exact) mass is 568 g/mol. The number of hydrogen-bond donors (Lipinski definition) is 1. The van der Waals surface area contributed by atoms with E-state index in [0.717, 1.165) is 46.4 Å². The molecule has 3 heterocycles. The van der Waals surface area contributed by atoms with Crippen molar-refractivity contribution in [2.45, 2.75) is 58.6 Å². The molecule has 4 aromatic rings. The minimum atomic E-state index is -0.853. The highest BCUT2D eigenvalue weighted by molar-refractivity contribution is 7.22. The van der Waals surface area contributed by atoms with E-state index in [1.165, 1.54) is 16.2 Å². The van der Waals surface area contributed by atoms with E-state index in [2.05, 4.69) is 6.92 Å². The van der Waals surface area contributed by atoms with E-state index >= 15 is 0 Å². The minimum Gasteiger partial charge on any atom is -0.507 e. The number of unbranched alkanes of at least 4 members (excludes halogenated alkanes) is 2. The van der Waals surface area contributed by atoms with Crippen LogP contribution in [0, 0.1) is 6.92 Å². The van der Waals surface area contributed by atoms with E-state index in [9.17, 15) is 14.7 Å². The number of ether oxygens (including phenoxy) is 2. The maximum atomic E-state index is 13.6. The second-order valence-electron chi connectivity index (χ2n) is 10.7. The molecule has 1 saturated heterocycles. The number of nitrogens with zero attached hydrogens (tertiary/aromatic N) is 2. The number of Topliss-reactive ketones (excluding diaryl/α,β-unsaturated/α-hetero) is 1. The van der Waals surface area contributed by atoms with Crippen LogP contribution in [0.2, 0.25) is 0 Å². The minimum absolute atomic E-state index is 0.0361. The molecule has 3 aromatic carbocycles. The van der Waals surface area contributed by atoms with Crippen LogP contribution in [0.1, 0.15) is 61.4 Å². The van der Waals surface area contributed by atoms with Gasteiger partial charge in [-0.1, -0.05) is 49.3 Å². The molecular formula is C33H32N2O5S. The second-order valence-corrected chi connectivity index (χ2v) is 11.7. The largest absolute Gasteiger partial charge is 0.507 e. The van der Waals surface area contributed by atoms with Gasteiger partial charge >= 0.3 is 5.91 Å². The van der Waals surface area contributed by atoms with E-state index in [0.29, 0.717) is 35.0 Å². The van der Waals surface area contributed by atoms with Crippen LogP contribution in [0.15, 0.2) is 66.2 Å². The molecule has 2 atom stereocenters. The van der Waals surface area contributed by atoms with Crippen LogP contribution in [0.3, 0.4) is 0 Å². The van der Waals surface area contributed by atoms with Gasteiger partial charge in [-0.3, -0.25) is 14.5 Å². The summed E-state index contributed by atoms with van der Waals surface area (Å²) in [6.07, 6.45) is 3.93. The highest BCUT2D eigenvalue weighted by atomic mass is 32.1. The van der Waals surface area contributed by atoms with Gasteiger partial charge in [-0.25, -0.2) is 4.98 Å². The standard InChI is InChI=1S/C33H32N2O5S/c1-4-5-6-15-39-24-11-8-21(9-12-24)29-28(30(36)22-10-14-26-23(18-22)17-20(3)40-26)31(37)32(38)35(29)33-34-25-13-7-19(2)16-27(25)41-33/h7-14,16,18,20,29,36H,4-6,15,17H2,1-3H3/b30-28-. The normalized spacial score (nSPS) is 19.5. The Kier molecular flexibility index (Phi) is 7.26. The second kappa shape index (κ2) is 11.0. The number of anilines is 1. The van der Waals surface area contributed by atoms with Crippen molar-refractivity contribution in [1.82, 2.24) is 4.98 Å². The molecule has 1 N–H and O–H groups in total. The summed E-state index contributed by atoms with van der Waals surface area (Å²) in [4.78, 5) is 33.4. The fraction of sp³-hybridized carbons (Fsp3) is 0.303. The predicted molar refractivity (Wildman–Crippen MR) is 161 cm³/mol. The quantitative estimate of drug-likeness (QED) is 0.105. The van der Waals surface area contributed by atoms with E-state index in [4.69, 9.17) is 14.5 Å². The van der Waals surface area contributed by atoms with Gasteiger partial charge in [0.05, 0.1) is 28.4 Å². The van der Waals surface area contributed by atoms with E-state index < -0.39 is 17.7 Å². The summed E-state index contributed by atoms with van der Waals surface area (Å²) in [5.41, 5.74) is 3.98. The van der Waals surface area contributed by atoms with Crippen LogP contribution in [0.5, 0.6) is 11.5 Å². The van der Waals surface area contributed by atoms with Gasteiger partial charge in [0.25, 0.3) is 5.78 Å². The number of fused-ring (bicyclic) bond motifs is 2. The van der Waals surface area contributed by atoms with Crippen molar-refractivity contribution in [2.75, 3.05) is 11.5 Å². The van der Waals surface area contributed by atoms with Crippen molar-refractivity contribution < 1.29 is 24.2 Å². The van der Waals surface area contributed by atoms with E-state index in [-0.39, 0.29) is 17.4 Å². The topological polar surface area (TPSA) is 89.0 Å². The summed E-state index contributed by atoms with van der Waals surface area (Å²) in [5, 5.41) is 12.0. The Hall–Kier alpha value is -4.17. The lowest BCUT2D eigenvalue weighted by Gasteiger charge is -2.23. The number of benzene rings is 3. The van der Waals surface area contributed by atoms with Gasteiger partial charge in [0.15, 0.2) is 5.13 Å². The lowest BCUT2D eigenvalue weighted by Crippen LogP contribution is -2.29. The first-order chi connectivity index (χ1) is 19.8. The van der Waals surface area contributed by atoms with Crippen LogP contribution >= 0.6 is 11.3 Å². The number of hydrogen-bond acceptors (Lipinski definition) is 7. The van der Waals surface area contributed by atoms with Gasteiger partial charge in [-0.2, -0.15) is 0 Å². The Morgan fingerprint density at radius 1 is 1.10 bits per heavy atom. The number of carbonyl (C=O) groups is 2. The summed E-state index contributed by atoms with van der Waals surface area (Å²) in [6, 6.07) is 17.8. The Balaban J connectivity index is 1.44.